The topological polar surface area (TPSA) is 62.6 Å². The van der Waals surface area contributed by atoms with Crippen LogP contribution < -0.4 is 10.2 Å². The summed E-state index contributed by atoms with van der Waals surface area (Å²) in [5.41, 5.74) is 3.17. The van der Waals surface area contributed by atoms with Crippen molar-refractivity contribution in [3.63, 3.8) is 0 Å². The van der Waals surface area contributed by atoms with Crippen molar-refractivity contribution in [1.29, 1.82) is 0 Å². The average Bonchev–Trinajstić information content (AvgIpc) is 3.10. The van der Waals surface area contributed by atoms with Crippen molar-refractivity contribution >= 4 is 23.1 Å². The highest BCUT2D eigenvalue weighted by Crippen LogP contribution is 2.45. The number of rotatable bonds is 2. The van der Waals surface area contributed by atoms with Crippen LogP contribution in [0.5, 0.6) is 0 Å². The summed E-state index contributed by atoms with van der Waals surface area (Å²) in [6.45, 7) is 3.92. The summed E-state index contributed by atoms with van der Waals surface area (Å²) in [5, 5.41) is 3.45. The Hall–Kier alpha value is -2.82. The van der Waals surface area contributed by atoms with Gasteiger partial charge in [0.15, 0.2) is 5.78 Å². The smallest absolute Gasteiger partial charge is 0.227 e. The second kappa shape index (κ2) is 6.48. The molecule has 5 nitrogen and oxygen atoms in total. The van der Waals surface area contributed by atoms with Crippen LogP contribution in [-0.4, -0.2) is 11.7 Å². The monoisotopic (exact) mass is 350 g/mol. The Balaban J connectivity index is 1.99. The van der Waals surface area contributed by atoms with Gasteiger partial charge in [-0.3, -0.25) is 14.5 Å². The molecule has 1 aliphatic heterocycles. The summed E-state index contributed by atoms with van der Waals surface area (Å²) in [5.74, 6) is 0.919. The molecule has 0 spiro atoms. The molecule has 0 radical (unpaired) electrons. The summed E-state index contributed by atoms with van der Waals surface area (Å²) in [6.07, 6.45) is 3.20. The Morgan fingerprint density at radius 1 is 1.23 bits per heavy atom. The van der Waals surface area contributed by atoms with Crippen LogP contribution in [0.1, 0.15) is 44.9 Å². The quantitative estimate of drug-likeness (QED) is 0.869. The fraction of sp³-hybridized carbons (Fsp3) is 0.333. The molecule has 5 heteroatoms. The van der Waals surface area contributed by atoms with Crippen molar-refractivity contribution in [2.45, 2.75) is 39.2 Å². The van der Waals surface area contributed by atoms with Gasteiger partial charge in [-0.25, -0.2) is 0 Å². The van der Waals surface area contributed by atoms with Gasteiger partial charge in [-0.05, 0) is 36.6 Å². The fourth-order valence-corrected chi connectivity index (χ4v) is 3.95. The van der Waals surface area contributed by atoms with Gasteiger partial charge in [0.1, 0.15) is 11.8 Å². The number of benzene rings is 1. The summed E-state index contributed by atoms with van der Waals surface area (Å²) in [4.78, 5) is 27.7. The number of carbonyl (C=O) groups is 2. The minimum atomic E-state index is -0.538. The molecule has 0 bridgehead atoms. The molecule has 2 heterocycles. The van der Waals surface area contributed by atoms with Crippen LogP contribution >= 0.6 is 0 Å². The number of Topliss-reactive ketones (excluding diaryl/α,β-unsaturated/α-hetero) is 1. The van der Waals surface area contributed by atoms with E-state index in [0.717, 1.165) is 23.5 Å². The van der Waals surface area contributed by atoms with Crippen LogP contribution in [0.2, 0.25) is 0 Å². The third-order valence-electron chi connectivity index (χ3n) is 5.08. The molecule has 1 aliphatic carbocycles. The number of fused-ring (bicyclic) bond motifs is 1. The summed E-state index contributed by atoms with van der Waals surface area (Å²) in [6, 6.07) is 10.8. The normalized spacial score (nSPS) is 22.4. The molecule has 1 amide bonds. The average molecular weight is 350 g/mol. The lowest BCUT2D eigenvalue weighted by atomic mass is 9.83. The van der Waals surface area contributed by atoms with Crippen molar-refractivity contribution in [1.82, 2.24) is 0 Å². The molecule has 2 atom stereocenters. The summed E-state index contributed by atoms with van der Waals surface area (Å²) < 4.78 is 5.68. The number of hydrogen-bond acceptors (Lipinski definition) is 4. The Morgan fingerprint density at radius 3 is 2.77 bits per heavy atom. The van der Waals surface area contributed by atoms with Crippen molar-refractivity contribution in [2.75, 3.05) is 10.2 Å². The van der Waals surface area contributed by atoms with E-state index in [1.54, 1.807) is 17.2 Å². The maximum absolute atomic E-state index is 13.0. The van der Waals surface area contributed by atoms with Crippen molar-refractivity contribution in [3.8, 4) is 0 Å². The molecule has 2 aromatic rings. The van der Waals surface area contributed by atoms with Gasteiger partial charge >= 0.3 is 0 Å². The minimum absolute atomic E-state index is 0.0409. The zero-order valence-corrected chi connectivity index (χ0v) is 15.0. The van der Waals surface area contributed by atoms with Gasteiger partial charge in [0.25, 0.3) is 0 Å². The number of amides is 1. The van der Waals surface area contributed by atoms with Crippen LogP contribution in [0.4, 0.5) is 11.4 Å². The molecule has 2 aliphatic rings. The van der Waals surface area contributed by atoms with E-state index in [2.05, 4.69) is 12.2 Å². The van der Waals surface area contributed by atoms with Gasteiger partial charge in [-0.1, -0.05) is 26.0 Å². The number of carbonyl (C=O) groups excluding carboxylic acids is 2. The SMILES string of the molecule is CCC(=O)N1c2ccccc2NC2=C(C(=O)C[C@@H](C)C2)[C@H]1c1ccco1. The third-order valence-corrected chi connectivity index (χ3v) is 5.08. The zero-order chi connectivity index (χ0) is 18.3. The number of anilines is 2. The van der Waals surface area contributed by atoms with E-state index in [4.69, 9.17) is 4.42 Å². The molecule has 4 rings (SSSR count). The number of allylic oxidation sites excluding steroid dienone is 1. The molecular formula is C21H22N2O3. The Morgan fingerprint density at radius 2 is 2.04 bits per heavy atom. The fourth-order valence-electron chi connectivity index (χ4n) is 3.95. The van der Waals surface area contributed by atoms with Crippen LogP contribution in [0.25, 0.3) is 0 Å². The van der Waals surface area contributed by atoms with Crippen molar-refractivity contribution < 1.29 is 14.0 Å². The number of hydrogen-bond donors (Lipinski definition) is 1. The third kappa shape index (κ3) is 2.64. The number of nitrogens with one attached hydrogen (secondary N) is 1. The molecule has 1 aromatic carbocycles. The van der Waals surface area contributed by atoms with E-state index in [0.29, 0.717) is 24.2 Å². The predicted molar refractivity (Wildman–Crippen MR) is 99.7 cm³/mol. The van der Waals surface area contributed by atoms with Crippen molar-refractivity contribution in [3.05, 3.63) is 59.7 Å². The molecule has 134 valence electrons. The van der Waals surface area contributed by atoms with Crippen LogP contribution in [0.15, 0.2) is 58.3 Å². The first-order chi connectivity index (χ1) is 12.6. The molecule has 0 unspecified atom stereocenters. The Bertz CT molecular complexity index is 882. The molecular weight excluding hydrogens is 328 g/mol. The van der Waals surface area contributed by atoms with Gasteiger partial charge in [-0.2, -0.15) is 0 Å². The van der Waals surface area contributed by atoms with Crippen LogP contribution in [0.3, 0.4) is 0 Å². The Kier molecular flexibility index (Phi) is 4.15. The zero-order valence-electron chi connectivity index (χ0n) is 15.0. The highest BCUT2D eigenvalue weighted by Gasteiger charge is 2.41. The summed E-state index contributed by atoms with van der Waals surface area (Å²) >= 11 is 0. The molecule has 26 heavy (non-hydrogen) atoms. The maximum atomic E-state index is 13.0. The standard InChI is InChI=1S/C21H22N2O3/c1-3-19(25)23-16-8-5-4-7-14(16)22-15-11-13(2)12-17(24)20(15)21(23)18-9-6-10-26-18/h4-10,13,21-22H,3,11-12H2,1-2H3/t13-,21+/m0/s1. The first-order valence-corrected chi connectivity index (χ1v) is 9.08. The van der Waals surface area contributed by atoms with Gasteiger partial charge in [0.2, 0.25) is 5.91 Å². The van der Waals surface area contributed by atoms with Gasteiger partial charge in [-0.15, -0.1) is 0 Å². The van der Waals surface area contributed by atoms with E-state index in [1.807, 2.05) is 37.3 Å². The van der Waals surface area contributed by atoms with Gasteiger partial charge in [0.05, 0.1) is 17.6 Å². The van der Waals surface area contributed by atoms with Crippen LogP contribution in [0, 0.1) is 5.92 Å². The first-order valence-electron chi connectivity index (χ1n) is 9.08. The minimum Gasteiger partial charge on any atom is -0.467 e. The van der Waals surface area contributed by atoms with Crippen LogP contribution in [-0.2, 0) is 9.59 Å². The molecule has 0 saturated heterocycles. The lowest BCUT2D eigenvalue weighted by Crippen LogP contribution is -2.38. The van der Waals surface area contributed by atoms with E-state index in [9.17, 15) is 9.59 Å². The molecule has 0 fully saturated rings. The Labute approximate surface area is 152 Å². The second-order valence-corrected chi connectivity index (χ2v) is 7.01. The van der Waals surface area contributed by atoms with Gasteiger partial charge in [0, 0.05) is 24.1 Å². The molecule has 0 saturated carbocycles. The highest BCUT2D eigenvalue weighted by molar-refractivity contribution is 6.05. The van der Waals surface area contributed by atoms with E-state index in [1.165, 1.54) is 0 Å². The van der Waals surface area contributed by atoms with E-state index < -0.39 is 6.04 Å². The van der Waals surface area contributed by atoms with Crippen molar-refractivity contribution in [2.24, 2.45) is 5.92 Å². The predicted octanol–water partition coefficient (Wildman–Crippen LogP) is 4.44. The number of ketones is 1. The van der Waals surface area contributed by atoms with E-state index >= 15 is 0 Å². The molecule has 1 aromatic heterocycles. The van der Waals surface area contributed by atoms with Gasteiger partial charge < -0.3 is 9.73 Å². The van der Waals surface area contributed by atoms with E-state index in [-0.39, 0.29) is 17.6 Å². The molecule has 1 N–H and O–H groups in total. The lowest BCUT2D eigenvalue weighted by molar-refractivity contribution is -0.119. The number of nitrogens with zero attached hydrogens (tertiary/aromatic N) is 1. The highest BCUT2D eigenvalue weighted by atomic mass is 16.3. The summed E-state index contributed by atoms with van der Waals surface area (Å²) in [7, 11) is 0. The second-order valence-electron chi connectivity index (χ2n) is 7.01. The first kappa shape index (κ1) is 16.6. The number of para-hydroxylation sites is 2. The number of furan rings is 1. The maximum Gasteiger partial charge on any atom is 0.227 e. The largest absolute Gasteiger partial charge is 0.467 e. The lowest BCUT2D eigenvalue weighted by Gasteiger charge is -2.32.